The van der Waals surface area contributed by atoms with E-state index < -0.39 is 0 Å². The molecule has 1 aromatic carbocycles. The number of halogens is 1. The quantitative estimate of drug-likeness (QED) is 0.867. The van der Waals surface area contributed by atoms with Crippen LogP contribution in [0.1, 0.15) is 38.4 Å². The highest BCUT2D eigenvalue weighted by molar-refractivity contribution is 6.33. The predicted molar refractivity (Wildman–Crippen MR) is 89.6 cm³/mol. The van der Waals surface area contributed by atoms with Crippen molar-refractivity contribution in [3.8, 4) is 11.1 Å². The number of nitrogens with one attached hydrogen (secondary N) is 1. The van der Waals surface area contributed by atoms with Gasteiger partial charge in [0.05, 0.1) is 5.69 Å². The lowest BCUT2D eigenvalue weighted by molar-refractivity contribution is 0.589. The van der Waals surface area contributed by atoms with E-state index in [0.717, 1.165) is 41.2 Å². The Hall–Kier alpha value is -1.32. The monoisotopic (exact) mass is 305 g/mol. The van der Waals surface area contributed by atoms with Gasteiger partial charge in [-0.15, -0.1) is 0 Å². The van der Waals surface area contributed by atoms with Gasteiger partial charge in [0, 0.05) is 42.0 Å². The van der Waals surface area contributed by atoms with Crippen molar-refractivity contribution >= 4 is 11.6 Å². The number of nitrogens with zero attached hydrogens (tertiary/aromatic N) is 2. The topological polar surface area (TPSA) is 29.9 Å². The van der Waals surface area contributed by atoms with E-state index in [9.17, 15) is 0 Å². The van der Waals surface area contributed by atoms with E-state index in [0.29, 0.717) is 6.04 Å². The van der Waals surface area contributed by atoms with Crippen molar-refractivity contribution < 1.29 is 0 Å². The maximum absolute atomic E-state index is 6.50. The number of benzene rings is 1. The molecule has 3 nitrogen and oxygen atoms in total. The third kappa shape index (κ3) is 4.08. The fourth-order valence-electron chi connectivity index (χ4n) is 2.39. The highest BCUT2D eigenvalue weighted by atomic mass is 35.5. The van der Waals surface area contributed by atoms with Gasteiger partial charge in [-0.3, -0.25) is 4.68 Å². The summed E-state index contributed by atoms with van der Waals surface area (Å²) in [7, 11) is 1.96. The molecule has 0 unspecified atom stereocenters. The number of aryl methyl sites for hydroxylation is 2. The van der Waals surface area contributed by atoms with Crippen molar-refractivity contribution in [3.63, 3.8) is 0 Å². The molecule has 2 aromatic rings. The predicted octanol–water partition coefficient (Wildman–Crippen LogP) is 4.19. The molecule has 2 rings (SSSR count). The zero-order valence-corrected chi connectivity index (χ0v) is 14.0. The first-order valence-corrected chi connectivity index (χ1v) is 7.93. The van der Waals surface area contributed by atoms with Crippen LogP contribution in [0.2, 0.25) is 5.02 Å². The van der Waals surface area contributed by atoms with Crippen LogP contribution >= 0.6 is 11.6 Å². The van der Waals surface area contributed by atoms with Crippen LogP contribution in [-0.4, -0.2) is 15.8 Å². The molecule has 0 radical (unpaired) electrons. The van der Waals surface area contributed by atoms with E-state index >= 15 is 0 Å². The first kappa shape index (κ1) is 16.1. The van der Waals surface area contributed by atoms with Gasteiger partial charge in [-0.2, -0.15) is 5.10 Å². The van der Waals surface area contributed by atoms with Crippen LogP contribution in [0.3, 0.4) is 0 Å². The minimum Gasteiger partial charge on any atom is -0.310 e. The summed E-state index contributed by atoms with van der Waals surface area (Å²) in [6, 6.07) is 6.77. The first-order valence-electron chi connectivity index (χ1n) is 7.56. The zero-order valence-electron chi connectivity index (χ0n) is 13.3. The Morgan fingerprint density at radius 3 is 2.67 bits per heavy atom. The average Bonchev–Trinajstić information content (AvgIpc) is 2.78. The molecule has 0 aliphatic carbocycles. The van der Waals surface area contributed by atoms with E-state index in [1.54, 1.807) is 0 Å². The molecule has 0 amide bonds. The molecule has 0 saturated heterocycles. The molecule has 1 heterocycles. The van der Waals surface area contributed by atoms with Crippen LogP contribution in [-0.2, 0) is 20.0 Å². The molecular weight excluding hydrogens is 282 g/mol. The van der Waals surface area contributed by atoms with Crippen LogP contribution in [0.15, 0.2) is 24.4 Å². The summed E-state index contributed by atoms with van der Waals surface area (Å²) in [4.78, 5) is 0. The minimum absolute atomic E-state index is 0.470. The summed E-state index contributed by atoms with van der Waals surface area (Å²) in [5.41, 5.74) is 4.54. The van der Waals surface area contributed by atoms with E-state index in [2.05, 4.69) is 55.6 Å². The van der Waals surface area contributed by atoms with Gasteiger partial charge >= 0.3 is 0 Å². The van der Waals surface area contributed by atoms with Crippen LogP contribution in [0, 0.1) is 0 Å². The molecule has 1 N–H and O–H groups in total. The summed E-state index contributed by atoms with van der Waals surface area (Å²) in [5, 5.41) is 8.75. The van der Waals surface area contributed by atoms with Gasteiger partial charge in [-0.25, -0.2) is 0 Å². The van der Waals surface area contributed by atoms with Crippen molar-refractivity contribution in [1.82, 2.24) is 15.1 Å². The van der Waals surface area contributed by atoms with Crippen molar-refractivity contribution in [2.45, 2.75) is 46.2 Å². The van der Waals surface area contributed by atoms with E-state index in [1.807, 2.05) is 11.7 Å². The van der Waals surface area contributed by atoms with Crippen molar-refractivity contribution in [2.24, 2.45) is 7.05 Å². The number of aromatic nitrogens is 2. The van der Waals surface area contributed by atoms with Crippen LogP contribution < -0.4 is 5.32 Å². The number of rotatable bonds is 6. The van der Waals surface area contributed by atoms with E-state index in [4.69, 9.17) is 11.6 Å². The number of hydrogen-bond donors (Lipinski definition) is 1. The lowest BCUT2D eigenvalue weighted by atomic mass is 10.0. The summed E-state index contributed by atoms with van der Waals surface area (Å²) in [5.74, 6) is 0. The largest absolute Gasteiger partial charge is 0.310 e. The molecule has 0 bridgehead atoms. The van der Waals surface area contributed by atoms with E-state index in [-0.39, 0.29) is 0 Å². The molecule has 21 heavy (non-hydrogen) atoms. The normalized spacial score (nSPS) is 11.3. The standard InChI is InChI=1S/C17H24ClN3/c1-5-6-17-15(11-21(4)20-17)14-8-7-13(9-16(14)18)10-19-12(2)3/h7-9,11-12,19H,5-6,10H2,1-4H3. The van der Waals surface area contributed by atoms with Gasteiger partial charge in [0.25, 0.3) is 0 Å². The molecule has 0 saturated carbocycles. The van der Waals surface area contributed by atoms with Gasteiger partial charge in [0.1, 0.15) is 0 Å². The summed E-state index contributed by atoms with van der Waals surface area (Å²) < 4.78 is 1.87. The van der Waals surface area contributed by atoms with Crippen molar-refractivity contribution in [1.29, 1.82) is 0 Å². The fourth-order valence-corrected chi connectivity index (χ4v) is 2.69. The van der Waals surface area contributed by atoms with Gasteiger partial charge in [0.15, 0.2) is 0 Å². The van der Waals surface area contributed by atoms with Crippen LogP contribution in [0.5, 0.6) is 0 Å². The second-order valence-corrected chi connectivity index (χ2v) is 6.17. The van der Waals surface area contributed by atoms with Crippen molar-refractivity contribution in [3.05, 3.63) is 40.7 Å². The Kier molecular flexibility index (Phi) is 5.43. The zero-order chi connectivity index (χ0) is 15.4. The van der Waals surface area contributed by atoms with Crippen LogP contribution in [0.4, 0.5) is 0 Å². The van der Waals surface area contributed by atoms with Gasteiger partial charge in [-0.05, 0) is 18.1 Å². The molecule has 4 heteroatoms. The molecule has 0 atom stereocenters. The molecule has 1 aromatic heterocycles. The molecule has 114 valence electrons. The lowest BCUT2D eigenvalue weighted by Crippen LogP contribution is -2.21. The molecule has 0 spiro atoms. The van der Waals surface area contributed by atoms with Crippen LogP contribution in [0.25, 0.3) is 11.1 Å². The Balaban J connectivity index is 2.28. The molecular formula is C17H24ClN3. The third-order valence-electron chi connectivity index (χ3n) is 3.43. The highest BCUT2D eigenvalue weighted by Crippen LogP contribution is 2.31. The van der Waals surface area contributed by atoms with Gasteiger partial charge in [0.2, 0.25) is 0 Å². The maximum atomic E-state index is 6.50. The highest BCUT2D eigenvalue weighted by Gasteiger charge is 2.12. The number of hydrogen-bond acceptors (Lipinski definition) is 2. The SMILES string of the molecule is CCCc1nn(C)cc1-c1ccc(CNC(C)C)cc1Cl. The Morgan fingerprint density at radius 1 is 1.29 bits per heavy atom. The van der Waals surface area contributed by atoms with Gasteiger partial charge < -0.3 is 5.32 Å². The first-order chi connectivity index (χ1) is 10.0. The minimum atomic E-state index is 0.470. The summed E-state index contributed by atoms with van der Waals surface area (Å²) >= 11 is 6.50. The summed E-state index contributed by atoms with van der Waals surface area (Å²) in [6.07, 6.45) is 4.11. The third-order valence-corrected chi connectivity index (χ3v) is 3.74. The maximum Gasteiger partial charge on any atom is 0.0703 e. The molecule has 0 aliphatic rings. The Morgan fingerprint density at radius 2 is 2.05 bits per heavy atom. The Labute approximate surface area is 132 Å². The second-order valence-electron chi connectivity index (χ2n) is 5.76. The second kappa shape index (κ2) is 7.10. The van der Waals surface area contributed by atoms with Crippen molar-refractivity contribution in [2.75, 3.05) is 0 Å². The van der Waals surface area contributed by atoms with Gasteiger partial charge in [-0.1, -0.05) is 50.9 Å². The molecule has 0 aliphatic heterocycles. The molecule has 0 fully saturated rings. The average molecular weight is 306 g/mol. The summed E-state index contributed by atoms with van der Waals surface area (Å²) in [6.45, 7) is 7.29. The smallest absolute Gasteiger partial charge is 0.0703 e. The Bertz CT molecular complexity index is 602. The lowest BCUT2D eigenvalue weighted by Gasteiger charge is -2.10. The van der Waals surface area contributed by atoms with E-state index in [1.165, 1.54) is 5.56 Å². The fraction of sp³-hybridized carbons (Fsp3) is 0.471.